The Balaban J connectivity index is 2.24. The molecule has 112 valence electrons. The second kappa shape index (κ2) is 6.69. The molecule has 0 spiro atoms. The van der Waals surface area contributed by atoms with Crippen LogP contribution in [0.1, 0.15) is 11.6 Å². The van der Waals surface area contributed by atoms with E-state index in [1.54, 1.807) is 12.1 Å². The predicted molar refractivity (Wildman–Crippen MR) is 71.5 cm³/mol. The van der Waals surface area contributed by atoms with Gasteiger partial charge in [-0.05, 0) is 23.2 Å². The molecule has 0 bridgehead atoms. The molecule has 9 heteroatoms. The summed E-state index contributed by atoms with van der Waals surface area (Å²) in [5.41, 5.74) is 8.66. The molecule has 1 aliphatic heterocycles. The van der Waals surface area contributed by atoms with Crippen LogP contribution in [0.3, 0.4) is 0 Å². The smallest absolute Gasteiger partial charge is 0.325 e. The van der Waals surface area contributed by atoms with E-state index in [0.717, 1.165) is 0 Å². The summed E-state index contributed by atoms with van der Waals surface area (Å²) in [6.45, 7) is 0.455. The maximum Gasteiger partial charge on any atom is 0.325 e. The van der Waals surface area contributed by atoms with Gasteiger partial charge in [-0.3, -0.25) is 4.79 Å². The predicted octanol–water partition coefficient (Wildman–Crippen LogP) is 1.45. The van der Waals surface area contributed by atoms with E-state index in [4.69, 9.17) is 19.7 Å². The molecule has 1 aromatic rings. The molecule has 9 nitrogen and oxygen atoms in total. The van der Waals surface area contributed by atoms with Crippen molar-refractivity contribution in [2.75, 3.05) is 27.0 Å². The monoisotopic (exact) mass is 294 g/mol. The van der Waals surface area contributed by atoms with Crippen LogP contribution < -0.4 is 19.5 Å². The summed E-state index contributed by atoms with van der Waals surface area (Å²) in [4.78, 5) is 14.0. The third-order valence-electron chi connectivity index (χ3n) is 2.88. The number of azide groups is 1. The van der Waals surface area contributed by atoms with Crippen molar-refractivity contribution in [2.45, 2.75) is 6.04 Å². The zero-order valence-electron chi connectivity index (χ0n) is 11.3. The Hall–Kier alpha value is -2.64. The lowest BCUT2D eigenvalue weighted by atomic mass is 10.1. The minimum atomic E-state index is -1.06. The van der Waals surface area contributed by atoms with Crippen molar-refractivity contribution in [3.63, 3.8) is 0 Å². The molecule has 1 aliphatic rings. The van der Waals surface area contributed by atoms with Gasteiger partial charge in [0, 0.05) is 18.0 Å². The fourth-order valence-corrected chi connectivity index (χ4v) is 1.97. The molecule has 0 aliphatic carbocycles. The van der Waals surface area contributed by atoms with Gasteiger partial charge in [0.1, 0.15) is 6.04 Å². The maximum atomic E-state index is 11.4. The second-order valence-electron chi connectivity index (χ2n) is 4.14. The first kappa shape index (κ1) is 14.8. The van der Waals surface area contributed by atoms with Crippen LogP contribution in [0.25, 0.3) is 10.4 Å². The van der Waals surface area contributed by atoms with E-state index in [-0.39, 0.29) is 19.9 Å². The number of hydrogen-bond acceptors (Lipinski definition) is 6. The standard InChI is InChI=1S/C12H14N4O5/c1-19-8-4-7(5-9-11(8)21-6-20-9)10(12(17)18)14-2-3-15-16-13/h4-5,10,14H,2-3,6H2,1H3,(H,17,18). The van der Waals surface area contributed by atoms with Gasteiger partial charge < -0.3 is 24.6 Å². The molecular weight excluding hydrogens is 280 g/mol. The van der Waals surface area contributed by atoms with Gasteiger partial charge >= 0.3 is 5.97 Å². The van der Waals surface area contributed by atoms with Crippen LogP contribution in [-0.4, -0.2) is 38.1 Å². The van der Waals surface area contributed by atoms with Gasteiger partial charge in [-0.2, -0.15) is 0 Å². The Morgan fingerprint density at radius 1 is 1.62 bits per heavy atom. The quantitative estimate of drug-likeness (QED) is 0.339. The second-order valence-corrected chi connectivity index (χ2v) is 4.14. The number of carbonyl (C=O) groups is 1. The molecule has 0 fully saturated rings. The molecule has 2 N–H and O–H groups in total. The molecule has 0 aromatic heterocycles. The van der Waals surface area contributed by atoms with E-state index in [2.05, 4.69) is 15.3 Å². The molecule has 1 aromatic carbocycles. The summed E-state index contributed by atoms with van der Waals surface area (Å²) in [5.74, 6) is 0.242. The van der Waals surface area contributed by atoms with Crippen molar-refractivity contribution in [1.29, 1.82) is 0 Å². The summed E-state index contributed by atoms with van der Waals surface area (Å²) < 4.78 is 15.7. The number of hydrogen-bond donors (Lipinski definition) is 2. The minimum Gasteiger partial charge on any atom is -0.493 e. The summed E-state index contributed by atoms with van der Waals surface area (Å²) >= 11 is 0. The van der Waals surface area contributed by atoms with Gasteiger partial charge in [-0.1, -0.05) is 5.11 Å². The Kier molecular flexibility index (Phi) is 4.70. The molecule has 0 saturated heterocycles. The first-order chi connectivity index (χ1) is 10.2. The first-order valence-electron chi connectivity index (χ1n) is 6.12. The van der Waals surface area contributed by atoms with Crippen LogP contribution in [0.4, 0.5) is 0 Å². The molecule has 1 heterocycles. The molecule has 0 amide bonds. The van der Waals surface area contributed by atoms with Gasteiger partial charge in [0.25, 0.3) is 0 Å². The van der Waals surface area contributed by atoms with E-state index in [1.165, 1.54) is 7.11 Å². The maximum absolute atomic E-state index is 11.4. The van der Waals surface area contributed by atoms with Crippen molar-refractivity contribution in [1.82, 2.24) is 5.32 Å². The lowest BCUT2D eigenvalue weighted by molar-refractivity contribution is -0.139. The van der Waals surface area contributed by atoms with Crippen LogP contribution in [0.5, 0.6) is 17.2 Å². The average molecular weight is 294 g/mol. The van der Waals surface area contributed by atoms with E-state index < -0.39 is 12.0 Å². The minimum absolute atomic E-state index is 0.0667. The van der Waals surface area contributed by atoms with Crippen molar-refractivity contribution >= 4 is 5.97 Å². The largest absolute Gasteiger partial charge is 0.493 e. The molecule has 0 saturated carbocycles. The summed E-state index contributed by atoms with van der Waals surface area (Å²) in [7, 11) is 1.46. The number of aliphatic carboxylic acids is 1. The summed E-state index contributed by atoms with van der Waals surface area (Å²) in [6, 6.07) is 2.19. The number of ether oxygens (including phenoxy) is 3. The number of nitrogens with zero attached hydrogens (tertiary/aromatic N) is 3. The molecule has 21 heavy (non-hydrogen) atoms. The Bertz CT molecular complexity index is 585. The van der Waals surface area contributed by atoms with E-state index in [1.807, 2.05) is 0 Å². The van der Waals surface area contributed by atoms with Crippen LogP contribution in [0, 0.1) is 0 Å². The zero-order valence-corrected chi connectivity index (χ0v) is 11.3. The van der Waals surface area contributed by atoms with Crippen molar-refractivity contribution in [2.24, 2.45) is 5.11 Å². The number of benzene rings is 1. The summed E-state index contributed by atoms with van der Waals surface area (Å²) in [6.07, 6.45) is 0. The average Bonchev–Trinajstić information content (AvgIpc) is 2.94. The number of methoxy groups -OCH3 is 1. The summed E-state index contributed by atoms with van der Waals surface area (Å²) in [5, 5.41) is 15.5. The van der Waals surface area contributed by atoms with E-state index >= 15 is 0 Å². The van der Waals surface area contributed by atoms with Crippen LogP contribution in [-0.2, 0) is 4.79 Å². The van der Waals surface area contributed by atoms with Gasteiger partial charge in [0.05, 0.1) is 7.11 Å². The highest BCUT2D eigenvalue weighted by molar-refractivity contribution is 5.76. The first-order valence-corrected chi connectivity index (χ1v) is 6.12. The van der Waals surface area contributed by atoms with Gasteiger partial charge in [0.15, 0.2) is 11.5 Å². The van der Waals surface area contributed by atoms with Crippen LogP contribution in [0.15, 0.2) is 17.2 Å². The number of nitrogens with one attached hydrogen (secondary N) is 1. The van der Waals surface area contributed by atoms with Gasteiger partial charge in [0.2, 0.25) is 12.5 Å². The molecule has 0 radical (unpaired) electrons. The highest BCUT2D eigenvalue weighted by Gasteiger charge is 2.26. The lowest BCUT2D eigenvalue weighted by Crippen LogP contribution is -2.30. The number of fused-ring (bicyclic) bond motifs is 1. The zero-order chi connectivity index (χ0) is 15.2. The van der Waals surface area contributed by atoms with Crippen molar-refractivity contribution in [3.05, 3.63) is 28.1 Å². The molecule has 1 unspecified atom stereocenters. The number of carboxylic acid groups (broad SMARTS) is 1. The molecule has 2 rings (SSSR count). The van der Waals surface area contributed by atoms with Gasteiger partial charge in [-0.15, -0.1) is 0 Å². The van der Waals surface area contributed by atoms with Crippen LogP contribution in [0.2, 0.25) is 0 Å². The SMILES string of the molecule is COc1cc(C(NCCN=[N+]=[N-])C(=O)O)cc2c1OCO2. The highest BCUT2D eigenvalue weighted by Crippen LogP contribution is 2.42. The Labute approximate surface area is 120 Å². The van der Waals surface area contributed by atoms with Crippen LogP contribution >= 0.6 is 0 Å². The Morgan fingerprint density at radius 2 is 2.43 bits per heavy atom. The van der Waals surface area contributed by atoms with Crippen molar-refractivity contribution in [3.8, 4) is 17.2 Å². The van der Waals surface area contributed by atoms with Crippen molar-refractivity contribution < 1.29 is 24.1 Å². The lowest BCUT2D eigenvalue weighted by Gasteiger charge is -2.16. The molecule has 1 atom stereocenters. The molecular formula is C12H14N4O5. The topological polar surface area (TPSA) is 126 Å². The third-order valence-corrected chi connectivity index (χ3v) is 2.88. The number of rotatable bonds is 7. The normalized spacial score (nSPS) is 13.4. The third kappa shape index (κ3) is 3.28. The van der Waals surface area contributed by atoms with E-state index in [0.29, 0.717) is 22.8 Å². The fourth-order valence-electron chi connectivity index (χ4n) is 1.97. The van der Waals surface area contributed by atoms with Gasteiger partial charge in [-0.25, -0.2) is 0 Å². The van der Waals surface area contributed by atoms with E-state index in [9.17, 15) is 9.90 Å². The highest BCUT2D eigenvalue weighted by atomic mass is 16.7. The Morgan fingerprint density at radius 3 is 3.10 bits per heavy atom. The fraction of sp³-hybridized carbons (Fsp3) is 0.417. The number of carboxylic acids is 1.